The normalized spacial score (nSPS) is 18.1. The third kappa shape index (κ3) is 3.50. The van der Waals surface area contributed by atoms with Gasteiger partial charge in [0.05, 0.1) is 6.54 Å². The van der Waals surface area contributed by atoms with Crippen LogP contribution >= 0.6 is 0 Å². The number of carbonyl (C=O) groups is 2. The number of hydrogen-bond donors (Lipinski definition) is 2. The van der Waals surface area contributed by atoms with E-state index in [1.54, 1.807) is 24.3 Å². The lowest BCUT2D eigenvalue weighted by atomic mass is 10.1. The first kappa shape index (κ1) is 14.4. The van der Waals surface area contributed by atoms with E-state index in [2.05, 4.69) is 12.2 Å². The fourth-order valence-corrected chi connectivity index (χ4v) is 2.40. The molecule has 0 radical (unpaired) electrons. The molecule has 1 saturated heterocycles. The molecule has 1 aromatic rings. The van der Waals surface area contributed by atoms with Crippen LogP contribution < -0.4 is 11.1 Å². The minimum Gasteiger partial charge on any atom is -0.399 e. The predicted molar refractivity (Wildman–Crippen MR) is 78.2 cm³/mol. The third-order valence-electron chi connectivity index (χ3n) is 3.79. The average Bonchev–Trinajstić information content (AvgIpc) is 2.94. The van der Waals surface area contributed by atoms with E-state index in [9.17, 15) is 9.59 Å². The van der Waals surface area contributed by atoms with Crippen molar-refractivity contribution < 1.29 is 9.59 Å². The molecule has 1 atom stereocenters. The van der Waals surface area contributed by atoms with Crippen LogP contribution in [0.3, 0.4) is 0 Å². The summed E-state index contributed by atoms with van der Waals surface area (Å²) in [5.41, 5.74) is 6.69. The Kier molecular flexibility index (Phi) is 4.61. The van der Waals surface area contributed by atoms with Crippen molar-refractivity contribution in [2.24, 2.45) is 5.92 Å². The van der Waals surface area contributed by atoms with Gasteiger partial charge in [-0.15, -0.1) is 0 Å². The molecule has 0 aliphatic carbocycles. The lowest BCUT2D eigenvalue weighted by Crippen LogP contribution is -2.39. The van der Waals surface area contributed by atoms with Crippen molar-refractivity contribution in [1.82, 2.24) is 10.2 Å². The zero-order valence-electron chi connectivity index (χ0n) is 11.8. The van der Waals surface area contributed by atoms with Crippen molar-refractivity contribution in [2.75, 3.05) is 25.4 Å². The number of benzene rings is 1. The summed E-state index contributed by atoms with van der Waals surface area (Å²) in [6.45, 7) is 3.81. The maximum absolute atomic E-state index is 12.0. The predicted octanol–water partition coefficient (Wildman–Crippen LogP) is 1.26. The highest BCUT2D eigenvalue weighted by Gasteiger charge is 2.24. The van der Waals surface area contributed by atoms with Crippen molar-refractivity contribution in [3.05, 3.63) is 29.8 Å². The van der Waals surface area contributed by atoms with Crippen LogP contribution in [0.2, 0.25) is 0 Å². The average molecular weight is 275 g/mol. The van der Waals surface area contributed by atoms with Crippen LogP contribution in [0.5, 0.6) is 0 Å². The topological polar surface area (TPSA) is 75.4 Å². The zero-order chi connectivity index (χ0) is 14.5. The molecule has 5 nitrogen and oxygen atoms in total. The molecule has 1 unspecified atom stereocenters. The SMILES string of the molecule is CCC1CCN(C(=O)CNC(=O)c2ccc(N)cc2)C1. The first-order valence-corrected chi connectivity index (χ1v) is 7.01. The monoisotopic (exact) mass is 275 g/mol. The number of amides is 2. The minimum atomic E-state index is -0.246. The highest BCUT2D eigenvalue weighted by Crippen LogP contribution is 2.18. The molecule has 0 aromatic heterocycles. The third-order valence-corrected chi connectivity index (χ3v) is 3.79. The molecule has 0 saturated carbocycles. The lowest BCUT2D eigenvalue weighted by molar-refractivity contribution is -0.129. The molecule has 2 amide bonds. The number of likely N-dealkylation sites (tertiary alicyclic amines) is 1. The summed E-state index contributed by atoms with van der Waals surface area (Å²) in [6.07, 6.45) is 2.16. The second-order valence-corrected chi connectivity index (χ2v) is 5.21. The minimum absolute atomic E-state index is 0.00950. The quantitative estimate of drug-likeness (QED) is 0.812. The van der Waals surface area contributed by atoms with Crippen LogP contribution in [0.25, 0.3) is 0 Å². The van der Waals surface area contributed by atoms with Gasteiger partial charge in [0.15, 0.2) is 0 Å². The molecule has 5 heteroatoms. The summed E-state index contributed by atoms with van der Waals surface area (Å²) < 4.78 is 0. The van der Waals surface area contributed by atoms with E-state index in [4.69, 9.17) is 5.73 Å². The van der Waals surface area contributed by atoms with Gasteiger partial charge in [0.2, 0.25) is 5.91 Å². The van der Waals surface area contributed by atoms with Crippen LogP contribution in [-0.2, 0) is 4.79 Å². The molecule has 0 spiro atoms. The van der Waals surface area contributed by atoms with Gasteiger partial charge < -0.3 is 16.0 Å². The molecule has 20 heavy (non-hydrogen) atoms. The van der Waals surface area contributed by atoms with Gasteiger partial charge in [-0.25, -0.2) is 0 Å². The van der Waals surface area contributed by atoms with Crippen LogP contribution in [-0.4, -0.2) is 36.3 Å². The summed E-state index contributed by atoms with van der Waals surface area (Å²) in [4.78, 5) is 25.7. The van der Waals surface area contributed by atoms with Crippen LogP contribution in [0.4, 0.5) is 5.69 Å². The smallest absolute Gasteiger partial charge is 0.251 e. The summed E-state index contributed by atoms with van der Waals surface area (Å²) in [6, 6.07) is 6.64. The molecular weight excluding hydrogens is 254 g/mol. The van der Waals surface area contributed by atoms with Gasteiger partial charge in [-0.05, 0) is 36.6 Å². The van der Waals surface area contributed by atoms with Gasteiger partial charge in [-0.2, -0.15) is 0 Å². The molecule has 1 fully saturated rings. The van der Waals surface area contributed by atoms with Crippen LogP contribution in [0.15, 0.2) is 24.3 Å². The van der Waals surface area contributed by atoms with E-state index in [0.29, 0.717) is 17.2 Å². The Bertz CT molecular complexity index is 484. The van der Waals surface area contributed by atoms with Gasteiger partial charge in [0.25, 0.3) is 5.91 Å². The molecular formula is C15H21N3O2. The van der Waals surface area contributed by atoms with Crippen molar-refractivity contribution in [3.8, 4) is 0 Å². The first-order valence-electron chi connectivity index (χ1n) is 7.01. The largest absolute Gasteiger partial charge is 0.399 e. The summed E-state index contributed by atoms with van der Waals surface area (Å²) in [5.74, 6) is 0.348. The second kappa shape index (κ2) is 6.41. The number of nitrogens with one attached hydrogen (secondary N) is 1. The van der Waals surface area contributed by atoms with Crippen molar-refractivity contribution >= 4 is 17.5 Å². The Balaban J connectivity index is 1.81. The number of nitrogen functional groups attached to an aromatic ring is 1. The highest BCUT2D eigenvalue weighted by molar-refractivity contribution is 5.96. The number of nitrogens with two attached hydrogens (primary N) is 1. The van der Waals surface area contributed by atoms with Gasteiger partial charge in [-0.3, -0.25) is 9.59 Å². The molecule has 3 N–H and O–H groups in total. The van der Waals surface area contributed by atoms with Crippen LogP contribution in [0.1, 0.15) is 30.1 Å². The van der Waals surface area contributed by atoms with E-state index < -0.39 is 0 Å². The van der Waals surface area contributed by atoms with Gasteiger partial charge in [0.1, 0.15) is 0 Å². The molecule has 1 heterocycles. The van der Waals surface area contributed by atoms with E-state index in [1.165, 1.54) is 0 Å². The van der Waals surface area contributed by atoms with Crippen molar-refractivity contribution in [2.45, 2.75) is 19.8 Å². The van der Waals surface area contributed by atoms with E-state index in [-0.39, 0.29) is 18.4 Å². The zero-order valence-corrected chi connectivity index (χ0v) is 11.8. The number of rotatable bonds is 4. The summed E-state index contributed by atoms with van der Waals surface area (Å²) >= 11 is 0. The fraction of sp³-hybridized carbons (Fsp3) is 0.467. The fourth-order valence-electron chi connectivity index (χ4n) is 2.40. The summed E-state index contributed by atoms with van der Waals surface area (Å²) in [7, 11) is 0. The Morgan fingerprint density at radius 1 is 1.35 bits per heavy atom. The Hall–Kier alpha value is -2.04. The number of carbonyl (C=O) groups excluding carboxylic acids is 2. The van der Waals surface area contributed by atoms with Gasteiger partial charge in [-0.1, -0.05) is 13.3 Å². The van der Waals surface area contributed by atoms with Crippen molar-refractivity contribution in [1.29, 1.82) is 0 Å². The molecule has 1 aromatic carbocycles. The molecule has 108 valence electrons. The molecule has 2 rings (SSSR count). The first-order chi connectivity index (χ1) is 9.60. The molecule has 1 aliphatic rings. The van der Waals surface area contributed by atoms with E-state index in [0.717, 1.165) is 25.9 Å². The maximum atomic E-state index is 12.0. The maximum Gasteiger partial charge on any atom is 0.251 e. The number of hydrogen-bond acceptors (Lipinski definition) is 3. The van der Waals surface area contributed by atoms with E-state index >= 15 is 0 Å². The van der Waals surface area contributed by atoms with Crippen LogP contribution in [0, 0.1) is 5.92 Å². The summed E-state index contributed by atoms with van der Waals surface area (Å²) in [5, 5.41) is 2.66. The molecule has 1 aliphatic heterocycles. The number of anilines is 1. The molecule has 0 bridgehead atoms. The standard InChI is InChI=1S/C15H21N3O2/c1-2-11-7-8-18(10-11)14(19)9-17-15(20)12-3-5-13(16)6-4-12/h3-6,11H,2,7-10,16H2,1H3,(H,17,20). The lowest BCUT2D eigenvalue weighted by Gasteiger charge is -2.16. The Morgan fingerprint density at radius 3 is 2.65 bits per heavy atom. The second-order valence-electron chi connectivity index (χ2n) is 5.21. The Labute approximate surface area is 119 Å². The Morgan fingerprint density at radius 2 is 2.05 bits per heavy atom. The van der Waals surface area contributed by atoms with Gasteiger partial charge >= 0.3 is 0 Å². The number of nitrogens with zero attached hydrogens (tertiary/aromatic N) is 1. The highest BCUT2D eigenvalue weighted by atomic mass is 16.2. The van der Waals surface area contributed by atoms with E-state index in [1.807, 2.05) is 4.90 Å². The van der Waals surface area contributed by atoms with Crippen molar-refractivity contribution in [3.63, 3.8) is 0 Å². The van der Waals surface area contributed by atoms with Gasteiger partial charge in [0, 0.05) is 24.3 Å².